The highest BCUT2D eigenvalue weighted by Crippen LogP contribution is 2.27. The Morgan fingerprint density at radius 3 is 2.69 bits per heavy atom. The van der Waals surface area contributed by atoms with E-state index >= 15 is 0 Å². The first-order chi connectivity index (χ1) is 6.37. The van der Waals surface area contributed by atoms with Gasteiger partial charge in [-0.2, -0.15) is 11.8 Å². The number of ether oxygens (including phenoxy) is 1. The van der Waals surface area contributed by atoms with Crippen molar-refractivity contribution in [3.63, 3.8) is 0 Å². The molecule has 0 bridgehead atoms. The second-order valence-electron chi connectivity index (χ2n) is 3.83. The third kappa shape index (κ3) is 1.86. The van der Waals surface area contributed by atoms with Crippen molar-refractivity contribution < 1.29 is 4.74 Å². The van der Waals surface area contributed by atoms with Gasteiger partial charge in [0, 0.05) is 37.7 Å². The lowest BCUT2D eigenvalue weighted by Gasteiger charge is -2.41. The zero-order chi connectivity index (χ0) is 9.15. The third-order valence-corrected chi connectivity index (χ3v) is 4.09. The minimum atomic E-state index is 0.182. The second kappa shape index (κ2) is 4.17. The summed E-state index contributed by atoms with van der Waals surface area (Å²) in [6.45, 7) is 4.85. The summed E-state index contributed by atoms with van der Waals surface area (Å²) in [5.41, 5.74) is 6.05. The average molecular weight is 202 g/mol. The Morgan fingerprint density at radius 2 is 2.15 bits per heavy atom. The van der Waals surface area contributed by atoms with E-state index in [0.29, 0.717) is 0 Å². The number of hydrogen-bond acceptors (Lipinski definition) is 4. The van der Waals surface area contributed by atoms with Gasteiger partial charge in [0.1, 0.15) is 0 Å². The van der Waals surface area contributed by atoms with Crippen LogP contribution >= 0.6 is 11.8 Å². The molecular weight excluding hydrogens is 184 g/mol. The van der Waals surface area contributed by atoms with Gasteiger partial charge >= 0.3 is 0 Å². The van der Waals surface area contributed by atoms with E-state index in [0.717, 1.165) is 26.2 Å². The van der Waals surface area contributed by atoms with Crippen molar-refractivity contribution in [2.24, 2.45) is 5.73 Å². The van der Waals surface area contributed by atoms with Crippen molar-refractivity contribution in [3.05, 3.63) is 0 Å². The normalized spacial score (nSPS) is 36.7. The zero-order valence-electron chi connectivity index (χ0n) is 8.00. The lowest BCUT2D eigenvalue weighted by molar-refractivity contribution is 0.0805. The summed E-state index contributed by atoms with van der Waals surface area (Å²) in [4.78, 5) is 2.54. The topological polar surface area (TPSA) is 38.5 Å². The van der Waals surface area contributed by atoms with Gasteiger partial charge in [-0.05, 0) is 6.42 Å². The fraction of sp³-hybridized carbons (Fsp3) is 1.00. The van der Waals surface area contributed by atoms with Gasteiger partial charge in [0.2, 0.25) is 0 Å². The van der Waals surface area contributed by atoms with E-state index in [-0.39, 0.29) is 5.54 Å². The van der Waals surface area contributed by atoms with Crippen LogP contribution in [0.25, 0.3) is 0 Å². The second-order valence-corrected chi connectivity index (χ2v) is 5.06. The number of hydrogen-bond donors (Lipinski definition) is 1. The van der Waals surface area contributed by atoms with Crippen LogP contribution in [0.5, 0.6) is 0 Å². The Bertz CT molecular complexity index is 165. The minimum absolute atomic E-state index is 0.182. The van der Waals surface area contributed by atoms with Crippen LogP contribution in [0.4, 0.5) is 0 Å². The molecule has 1 atom stereocenters. The van der Waals surface area contributed by atoms with Crippen molar-refractivity contribution in [2.45, 2.75) is 12.0 Å². The summed E-state index contributed by atoms with van der Waals surface area (Å²) in [7, 11) is 0. The Hall–Kier alpha value is 0.230. The van der Waals surface area contributed by atoms with E-state index in [1.807, 2.05) is 11.8 Å². The quantitative estimate of drug-likeness (QED) is 0.692. The smallest absolute Gasteiger partial charge is 0.0663 e. The molecule has 0 aromatic rings. The molecule has 0 aromatic heterocycles. The number of nitrogens with zero attached hydrogens (tertiary/aromatic N) is 1. The van der Waals surface area contributed by atoms with Gasteiger partial charge in [-0.25, -0.2) is 0 Å². The summed E-state index contributed by atoms with van der Waals surface area (Å²) < 4.78 is 5.48. The monoisotopic (exact) mass is 202 g/mol. The maximum absolute atomic E-state index is 5.87. The number of thioether (sulfide) groups is 1. The maximum atomic E-state index is 5.87. The molecule has 0 aromatic carbocycles. The largest absolute Gasteiger partial charge is 0.379 e. The summed E-state index contributed by atoms with van der Waals surface area (Å²) in [5.74, 6) is 2.50. The Labute approximate surface area is 84.0 Å². The lowest BCUT2D eigenvalue weighted by atomic mass is 9.96. The molecule has 0 radical (unpaired) electrons. The first kappa shape index (κ1) is 9.77. The molecule has 2 fully saturated rings. The Morgan fingerprint density at radius 1 is 1.38 bits per heavy atom. The molecule has 2 heterocycles. The molecule has 0 spiro atoms. The number of rotatable bonds is 2. The first-order valence-electron chi connectivity index (χ1n) is 4.98. The predicted molar refractivity (Wildman–Crippen MR) is 56.1 cm³/mol. The van der Waals surface area contributed by atoms with Crippen LogP contribution in [-0.4, -0.2) is 54.8 Å². The summed E-state index contributed by atoms with van der Waals surface area (Å²) >= 11 is 2.04. The van der Waals surface area contributed by atoms with Crippen LogP contribution in [0, 0.1) is 0 Å². The van der Waals surface area contributed by atoms with Crippen molar-refractivity contribution >= 4 is 11.8 Å². The molecule has 1 unspecified atom stereocenters. The maximum Gasteiger partial charge on any atom is 0.0663 e. The van der Waals surface area contributed by atoms with Crippen molar-refractivity contribution in [1.82, 2.24) is 4.90 Å². The van der Waals surface area contributed by atoms with Crippen LogP contribution in [0.1, 0.15) is 6.42 Å². The predicted octanol–water partition coefficient (Wildman–Crippen LogP) is 0.153. The van der Waals surface area contributed by atoms with Gasteiger partial charge in [0.25, 0.3) is 0 Å². The van der Waals surface area contributed by atoms with Gasteiger partial charge in [-0.3, -0.25) is 4.90 Å². The molecule has 2 aliphatic rings. The molecule has 13 heavy (non-hydrogen) atoms. The molecule has 2 rings (SSSR count). The van der Waals surface area contributed by atoms with E-state index in [1.54, 1.807) is 0 Å². The Kier molecular flexibility index (Phi) is 3.14. The fourth-order valence-corrected chi connectivity index (χ4v) is 3.08. The molecule has 3 nitrogen and oxygen atoms in total. The number of nitrogens with two attached hydrogens (primary N) is 1. The van der Waals surface area contributed by atoms with Gasteiger partial charge in [0.05, 0.1) is 12.1 Å². The average Bonchev–Trinajstić information content (AvgIpc) is 2.69. The fourth-order valence-electron chi connectivity index (χ4n) is 2.17. The van der Waals surface area contributed by atoms with Crippen molar-refractivity contribution in [3.8, 4) is 0 Å². The van der Waals surface area contributed by atoms with Gasteiger partial charge in [0.15, 0.2) is 0 Å². The molecular formula is C9H18N2OS. The molecule has 4 heteroatoms. The van der Waals surface area contributed by atoms with Gasteiger partial charge in [-0.15, -0.1) is 0 Å². The molecule has 2 N–H and O–H groups in total. The lowest BCUT2D eigenvalue weighted by Crippen LogP contribution is -2.57. The highest BCUT2D eigenvalue weighted by molar-refractivity contribution is 7.99. The summed E-state index contributed by atoms with van der Waals surface area (Å²) in [5, 5.41) is 0. The zero-order valence-corrected chi connectivity index (χ0v) is 8.81. The van der Waals surface area contributed by atoms with E-state index in [4.69, 9.17) is 10.5 Å². The molecule has 2 aliphatic heterocycles. The molecule has 0 aliphatic carbocycles. The highest BCUT2D eigenvalue weighted by Gasteiger charge is 2.39. The van der Waals surface area contributed by atoms with Gasteiger partial charge in [-0.1, -0.05) is 0 Å². The van der Waals surface area contributed by atoms with E-state index in [2.05, 4.69) is 4.90 Å². The van der Waals surface area contributed by atoms with Crippen LogP contribution in [0.15, 0.2) is 0 Å². The van der Waals surface area contributed by atoms with E-state index in [9.17, 15) is 0 Å². The molecule has 2 saturated heterocycles. The van der Waals surface area contributed by atoms with E-state index < -0.39 is 0 Å². The first-order valence-corrected chi connectivity index (χ1v) is 6.13. The van der Waals surface area contributed by atoms with Crippen LogP contribution in [0.2, 0.25) is 0 Å². The summed E-state index contributed by atoms with van der Waals surface area (Å²) in [6.07, 6.45) is 1.12. The summed E-state index contributed by atoms with van der Waals surface area (Å²) in [6, 6.07) is 0. The van der Waals surface area contributed by atoms with Crippen LogP contribution in [0.3, 0.4) is 0 Å². The Balaban J connectivity index is 2.01. The SMILES string of the molecule is NCC1(N2CCSCC2)CCOC1. The minimum Gasteiger partial charge on any atom is -0.379 e. The van der Waals surface area contributed by atoms with Gasteiger partial charge < -0.3 is 10.5 Å². The molecule has 0 amide bonds. The van der Waals surface area contributed by atoms with Crippen molar-refractivity contribution in [2.75, 3.05) is 44.4 Å². The third-order valence-electron chi connectivity index (χ3n) is 3.14. The van der Waals surface area contributed by atoms with Crippen molar-refractivity contribution in [1.29, 1.82) is 0 Å². The van der Waals surface area contributed by atoms with Crippen LogP contribution < -0.4 is 5.73 Å². The highest BCUT2D eigenvalue weighted by atomic mass is 32.2. The molecule has 76 valence electrons. The standard InChI is InChI=1S/C9H18N2OS/c10-7-9(1-4-12-8-9)11-2-5-13-6-3-11/h1-8,10H2. The van der Waals surface area contributed by atoms with E-state index in [1.165, 1.54) is 24.6 Å². The van der Waals surface area contributed by atoms with Crippen LogP contribution in [-0.2, 0) is 4.74 Å². The molecule has 0 saturated carbocycles.